The van der Waals surface area contributed by atoms with Crippen LogP contribution in [-0.4, -0.2) is 18.5 Å². The number of hydrogen-bond donors (Lipinski definition) is 3. The minimum Gasteiger partial charge on any atom is -0.379 e. The lowest BCUT2D eigenvalue weighted by Crippen LogP contribution is -2.43. The molecule has 0 aliphatic carbocycles. The van der Waals surface area contributed by atoms with Gasteiger partial charge in [-0.2, -0.15) is 0 Å². The Hall–Kier alpha value is -2.33. The molecule has 24 heavy (non-hydrogen) atoms. The standard InChI is InChI=1S/C20H25N3O/c1-15(16-7-3-2-4-8-16)22-17-10-12-18(13-11-17)23-20(24)19-9-5-6-14-21-19/h2-4,7-8,10-13,15,19,21-22H,5-6,9,14H2,1H3,(H,23,24). The molecule has 1 amide bonds. The van der Waals surface area contributed by atoms with Crippen LogP contribution in [-0.2, 0) is 4.79 Å². The van der Waals surface area contributed by atoms with Gasteiger partial charge in [0.2, 0.25) is 5.91 Å². The zero-order valence-corrected chi connectivity index (χ0v) is 14.1. The number of carbonyl (C=O) groups is 1. The van der Waals surface area contributed by atoms with E-state index in [9.17, 15) is 4.79 Å². The zero-order chi connectivity index (χ0) is 16.8. The molecule has 0 bridgehead atoms. The van der Waals surface area contributed by atoms with Crippen molar-refractivity contribution in [3.63, 3.8) is 0 Å². The van der Waals surface area contributed by atoms with Crippen molar-refractivity contribution >= 4 is 17.3 Å². The normalized spacial score (nSPS) is 18.6. The van der Waals surface area contributed by atoms with Gasteiger partial charge in [0.1, 0.15) is 0 Å². The highest BCUT2D eigenvalue weighted by Gasteiger charge is 2.20. The quantitative estimate of drug-likeness (QED) is 0.781. The molecule has 0 saturated carbocycles. The van der Waals surface area contributed by atoms with Crippen molar-refractivity contribution in [2.45, 2.75) is 38.3 Å². The van der Waals surface area contributed by atoms with E-state index >= 15 is 0 Å². The maximum Gasteiger partial charge on any atom is 0.241 e. The van der Waals surface area contributed by atoms with Gasteiger partial charge >= 0.3 is 0 Å². The predicted octanol–water partition coefficient (Wildman–Crippen LogP) is 3.94. The average Bonchev–Trinajstić information content (AvgIpc) is 2.65. The molecule has 0 spiro atoms. The van der Waals surface area contributed by atoms with Crippen LogP contribution in [0.4, 0.5) is 11.4 Å². The first-order valence-corrected chi connectivity index (χ1v) is 8.68. The average molecular weight is 323 g/mol. The first-order valence-electron chi connectivity index (χ1n) is 8.68. The lowest BCUT2D eigenvalue weighted by Gasteiger charge is -2.22. The number of anilines is 2. The lowest BCUT2D eigenvalue weighted by atomic mass is 10.0. The van der Waals surface area contributed by atoms with Gasteiger partial charge in [-0.05, 0) is 56.1 Å². The van der Waals surface area contributed by atoms with Gasteiger partial charge in [0, 0.05) is 17.4 Å². The van der Waals surface area contributed by atoms with Crippen LogP contribution in [0, 0.1) is 0 Å². The molecular formula is C20H25N3O. The Morgan fingerprint density at radius 2 is 1.75 bits per heavy atom. The summed E-state index contributed by atoms with van der Waals surface area (Å²) in [6, 6.07) is 18.4. The monoisotopic (exact) mass is 323 g/mol. The molecule has 1 saturated heterocycles. The Labute approximate surface area is 143 Å². The van der Waals surface area contributed by atoms with Gasteiger partial charge in [-0.1, -0.05) is 36.8 Å². The molecule has 3 rings (SSSR count). The minimum atomic E-state index is -0.0605. The molecule has 126 valence electrons. The van der Waals surface area contributed by atoms with Crippen molar-refractivity contribution in [1.82, 2.24) is 5.32 Å². The Morgan fingerprint density at radius 1 is 1.04 bits per heavy atom. The summed E-state index contributed by atoms with van der Waals surface area (Å²) in [4.78, 5) is 12.2. The second-order valence-electron chi connectivity index (χ2n) is 6.35. The second-order valence-corrected chi connectivity index (χ2v) is 6.35. The highest BCUT2D eigenvalue weighted by molar-refractivity contribution is 5.95. The van der Waals surface area contributed by atoms with Crippen molar-refractivity contribution in [3.8, 4) is 0 Å². The highest BCUT2D eigenvalue weighted by Crippen LogP contribution is 2.21. The van der Waals surface area contributed by atoms with Crippen LogP contribution in [0.5, 0.6) is 0 Å². The highest BCUT2D eigenvalue weighted by atomic mass is 16.2. The Balaban J connectivity index is 1.56. The van der Waals surface area contributed by atoms with E-state index in [-0.39, 0.29) is 18.0 Å². The van der Waals surface area contributed by atoms with Crippen molar-refractivity contribution < 1.29 is 4.79 Å². The molecule has 4 heteroatoms. The van der Waals surface area contributed by atoms with Gasteiger partial charge in [0.25, 0.3) is 0 Å². The Bertz CT molecular complexity index is 648. The first-order chi connectivity index (χ1) is 11.7. The fraction of sp³-hybridized carbons (Fsp3) is 0.350. The number of hydrogen-bond acceptors (Lipinski definition) is 3. The predicted molar refractivity (Wildman–Crippen MR) is 99.2 cm³/mol. The summed E-state index contributed by atoms with van der Waals surface area (Å²) in [5.74, 6) is 0.0630. The van der Waals surface area contributed by atoms with Gasteiger partial charge in [-0.3, -0.25) is 4.79 Å². The number of benzene rings is 2. The maximum absolute atomic E-state index is 12.2. The largest absolute Gasteiger partial charge is 0.379 e. The van der Waals surface area contributed by atoms with Crippen LogP contribution < -0.4 is 16.0 Å². The fourth-order valence-corrected chi connectivity index (χ4v) is 3.03. The van der Waals surface area contributed by atoms with E-state index in [1.54, 1.807) is 0 Å². The first kappa shape index (κ1) is 16.5. The Kier molecular flexibility index (Phi) is 5.49. The molecule has 0 radical (unpaired) electrons. The molecule has 2 aromatic carbocycles. The lowest BCUT2D eigenvalue weighted by molar-refractivity contribution is -0.118. The van der Waals surface area contributed by atoms with Crippen molar-refractivity contribution in [2.75, 3.05) is 17.2 Å². The van der Waals surface area contributed by atoms with Crippen LogP contribution in [0.15, 0.2) is 54.6 Å². The molecule has 3 N–H and O–H groups in total. The van der Waals surface area contributed by atoms with E-state index in [1.165, 1.54) is 5.56 Å². The molecule has 1 heterocycles. The molecular weight excluding hydrogens is 298 g/mol. The van der Waals surface area contributed by atoms with Gasteiger partial charge in [0.05, 0.1) is 6.04 Å². The summed E-state index contributed by atoms with van der Waals surface area (Å²) in [6.45, 7) is 3.07. The SMILES string of the molecule is CC(Nc1ccc(NC(=O)C2CCCCN2)cc1)c1ccccc1. The third-order valence-electron chi connectivity index (χ3n) is 4.46. The number of carbonyl (C=O) groups excluding carboxylic acids is 1. The van der Waals surface area contributed by atoms with Crippen LogP contribution in [0.2, 0.25) is 0 Å². The minimum absolute atomic E-state index is 0.0605. The number of rotatable bonds is 5. The van der Waals surface area contributed by atoms with Gasteiger partial charge < -0.3 is 16.0 Å². The van der Waals surface area contributed by atoms with E-state index in [2.05, 4.69) is 35.0 Å². The van der Waals surface area contributed by atoms with Crippen LogP contribution >= 0.6 is 0 Å². The van der Waals surface area contributed by atoms with Gasteiger partial charge in [0.15, 0.2) is 0 Å². The van der Waals surface area contributed by atoms with Crippen molar-refractivity contribution in [2.24, 2.45) is 0 Å². The molecule has 2 aromatic rings. The molecule has 1 aliphatic heterocycles. The molecule has 0 aromatic heterocycles. The maximum atomic E-state index is 12.2. The smallest absolute Gasteiger partial charge is 0.241 e. The van der Waals surface area contributed by atoms with E-state index in [0.717, 1.165) is 37.2 Å². The van der Waals surface area contributed by atoms with E-state index in [1.807, 2.05) is 42.5 Å². The van der Waals surface area contributed by atoms with Crippen molar-refractivity contribution in [1.29, 1.82) is 0 Å². The van der Waals surface area contributed by atoms with Crippen LogP contribution in [0.1, 0.15) is 37.8 Å². The molecule has 1 aliphatic rings. The van der Waals surface area contributed by atoms with Crippen molar-refractivity contribution in [3.05, 3.63) is 60.2 Å². The molecule has 2 unspecified atom stereocenters. The molecule has 4 nitrogen and oxygen atoms in total. The summed E-state index contributed by atoms with van der Waals surface area (Å²) < 4.78 is 0. The zero-order valence-electron chi connectivity index (χ0n) is 14.1. The Morgan fingerprint density at radius 3 is 2.42 bits per heavy atom. The number of amides is 1. The second kappa shape index (κ2) is 7.97. The third kappa shape index (κ3) is 4.36. The molecule has 1 fully saturated rings. The topological polar surface area (TPSA) is 53.2 Å². The summed E-state index contributed by atoms with van der Waals surface area (Å²) in [5.41, 5.74) is 3.13. The number of piperidine rings is 1. The molecule has 2 atom stereocenters. The van der Waals surface area contributed by atoms with Crippen LogP contribution in [0.25, 0.3) is 0 Å². The summed E-state index contributed by atoms with van der Waals surface area (Å²) >= 11 is 0. The summed E-state index contributed by atoms with van der Waals surface area (Å²) in [6.07, 6.45) is 3.19. The third-order valence-corrected chi connectivity index (χ3v) is 4.46. The summed E-state index contributed by atoms with van der Waals surface area (Å²) in [5, 5.41) is 9.74. The van der Waals surface area contributed by atoms with Gasteiger partial charge in [-0.15, -0.1) is 0 Å². The number of nitrogens with one attached hydrogen (secondary N) is 3. The van der Waals surface area contributed by atoms with Gasteiger partial charge in [-0.25, -0.2) is 0 Å². The van der Waals surface area contributed by atoms with E-state index < -0.39 is 0 Å². The fourth-order valence-electron chi connectivity index (χ4n) is 3.03. The van der Waals surface area contributed by atoms with E-state index in [0.29, 0.717) is 0 Å². The summed E-state index contributed by atoms with van der Waals surface area (Å²) in [7, 11) is 0. The van der Waals surface area contributed by atoms with Crippen LogP contribution in [0.3, 0.4) is 0 Å². The van der Waals surface area contributed by atoms with E-state index in [4.69, 9.17) is 0 Å².